The number of carbonyl (C=O) groups is 2. The van der Waals surface area contributed by atoms with Crippen molar-refractivity contribution < 1.29 is 22.4 Å². The molecule has 1 heterocycles. The Bertz CT molecular complexity index is 630. The molecule has 128 valence electrons. The van der Waals surface area contributed by atoms with Crippen molar-refractivity contribution in [3.05, 3.63) is 35.6 Å². The van der Waals surface area contributed by atoms with Crippen molar-refractivity contribution >= 4 is 21.7 Å². The maximum Gasteiger partial charge on any atom is 0.251 e. The standard InChI is InChI=1S/C13H15FN2O4S.C2H6/c14-11-3-1-10(2-4-11)13(18)15-9-12(17)16-5-7-21(19,20)8-6-16;1-2/h1-4H,5-9H2,(H,15,18);1-2H3. The quantitative estimate of drug-likeness (QED) is 0.881. The molecule has 0 radical (unpaired) electrons. The van der Waals surface area contributed by atoms with Crippen molar-refractivity contribution in [1.29, 1.82) is 0 Å². The van der Waals surface area contributed by atoms with Crippen LogP contribution >= 0.6 is 0 Å². The van der Waals surface area contributed by atoms with Crippen molar-refractivity contribution in [2.24, 2.45) is 0 Å². The lowest BCUT2D eigenvalue weighted by molar-refractivity contribution is -0.129. The van der Waals surface area contributed by atoms with Crippen LogP contribution in [-0.4, -0.2) is 56.3 Å². The van der Waals surface area contributed by atoms with Gasteiger partial charge in [-0.3, -0.25) is 9.59 Å². The molecular weight excluding hydrogens is 323 g/mol. The van der Waals surface area contributed by atoms with Crippen LogP contribution in [0.25, 0.3) is 0 Å². The first-order valence-corrected chi connectivity index (χ1v) is 9.21. The molecule has 1 aliphatic rings. The van der Waals surface area contributed by atoms with Gasteiger partial charge >= 0.3 is 0 Å². The summed E-state index contributed by atoms with van der Waals surface area (Å²) in [5.41, 5.74) is 0.255. The van der Waals surface area contributed by atoms with E-state index in [4.69, 9.17) is 0 Å². The fourth-order valence-electron chi connectivity index (χ4n) is 1.93. The first-order chi connectivity index (χ1) is 10.9. The Balaban J connectivity index is 0.00000127. The summed E-state index contributed by atoms with van der Waals surface area (Å²) in [6, 6.07) is 4.96. The Hall–Kier alpha value is -1.96. The van der Waals surface area contributed by atoms with E-state index in [1.807, 2.05) is 13.8 Å². The van der Waals surface area contributed by atoms with Crippen LogP contribution in [0.2, 0.25) is 0 Å². The number of hydrogen-bond acceptors (Lipinski definition) is 4. The van der Waals surface area contributed by atoms with E-state index >= 15 is 0 Å². The largest absolute Gasteiger partial charge is 0.343 e. The maximum atomic E-state index is 12.7. The summed E-state index contributed by atoms with van der Waals surface area (Å²) in [5.74, 6) is -1.36. The van der Waals surface area contributed by atoms with Gasteiger partial charge in [0.1, 0.15) is 5.82 Å². The summed E-state index contributed by atoms with van der Waals surface area (Å²) in [6.45, 7) is 4.08. The molecule has 8 heteroatoms. The molecule has 2 amide bonds. The molecule has 0 saturated carbocycles. The van der Waals surface area contributed by atoms with Gasteiger partial charge in [-0.25, -0.2) is 12.8 Å². The normalized spacial score (nSPS) is 16.0. The summed E-state index contributed by atoms with van der Waals surface area (Å²) in [7, 11) is -3.04. The summed E-state index contributed by atoms with van der Waals surface area (Å²) in [4.78, 5) is 25.0. The van der Waals surface area contributed by atoms with Crippen LogP contribution in [0.1, 0.15) is 24.2 Å². The molecule has 0 aliphatic carbocycles. The molecule has 1 aliphatic heterocycles. The fourth-order valence-corrected chi connectivity index (χ4v) is 3.13. The predicted molar refractivity (Wildman–Crippen MR) is 85.3 cm³/mol. The smallest absolute Gasteiger partial charge is 0.251 e. The third-order valence-corrected chi connectivity index (χ3v) is 4.81. The molecule has 23 heavy (non-hydrogen) atoms. The van der Waals surface area contributed by atoms with Crippen molar-refractivity contribution in [2.45, 2.75) is 13.8 Å². The third-order valence-electron chi connectivity index (χ3n) is 3.20. The van der Waals surface area contributed by atoms with Gasteiger partial charge in [-0.1, -0.05) is 13.8 Å². The summed E-state index contributed by atoms with van der Waals surface area (Å²) < 4.78 is 35.2. The van der Waals surface area contributed by atoms with Gasteiger partial charge in [0.2, 0.25) is 5.91 Å². The zero-order valence-electron chi connectivity index (χ0n) is 13.2. The van der Waals surface area contributed by atoms with Gasteiger partial charge in [0, 0.05) is 18.7 Å². The molecule has 6 nitrogen and oxygen atoms in total. The second-order valence-electron chi connectivity index (χ2n) is 4.72. The topological polar surface area (TPSA) is 83.6 Å². The SMILES string of the molecule is CC.O=C(NCC(=O)N1CCS(=O)(=O)CC1)c1ccc(F)cc1. The summed E-state index contributed by atoms with van der Waals surface area (Å²) in [5, 5.41) is 2.43. The van der Waals surface area contributed by atoms with Gasteiger partial charge in [-0.05, 0) is 24.3 Å². The minimum Gasteiger partial charge on any atom is -0.343 e. The van der Waals surface area contributed by atoms with Crippen molar-refractivity contribution in [3.63, 3.8) is 0 Å². The molecule has 0 aromatic heterocycles. The summed E-state index contributed by atoms with van der Waals surface area (Å²) in [6.07, 6.45) is 0. The minimum atomic E-state index is -3.04. The van der Waals surface area contributed by atoms with Crippen LogP contribution in [0.3, 0.4) is 0 Å². The third kappa shape index (κ3) is 5.97. The first-order valence-electron chi connectivity index (χ1n) is 7.39. The first kappa shape index (κ1) is 19.1. The Morgan fingerprint density at radius 3 is 2.17 bits per heavy atom. The van der Waals surface area contributed by atoms with E-state index in [2.05, 4.69) is 5.32 Å². The van der Waals surface area contributed by atoms with Crippen LogP contribution in [0.5, 0.6) is 0 Å². The highest BCUT2D eigenvalue weighted by Crippen LogP contribution is 2.05. The number of carbonyl (C=O) groups excluding carboxylic acids is 2. The van der Waals surface area contributed by atoms with Crippen LogP contribution in [0.4, 0.5) is 4.39 Å². The Kier molecular flexibility index (Phi) is 7.15. The molecule has 0 atom stereocenters. The van der Waals surface area contributed by atoms with E-state index in [1.54, 1.807) is 0 Å². The molecular formula is C15H21FN2O4S. The number of nitrogens with zero attached hydrogens (tertiary/aromatic N) is 1. The van der Waals surface area contributed by atoms with E-state index < -0.39 is 21.6 Å². The summed E-state index contributed by atoms with van der Waals surface area (Å²) >= 11 is 0. The van der Waals surface area contributed by atoms with Gasteiger partial charge < -0.3 is 10.2 Å². The van der Waals surface area contributed by atoms with Crippen molar-refractivity contribution in [3.8, 4) is 0 Å². The molecule has 1 fully saturated rings. The van der Waals surface area contributed by atoms with Gasteiger partial charge in [0.05, 0.1) is 18.1 Å². The van der Waals surface area contributed by atoms with Crippen molar-refractivity contribution in [2.75, 3.05) is 31.1 Å². The Morgan fingerprint density at radius 1 is 1.13 bits per heavy atom. The zero-order chi connectivity index (χ0) is 17.5. The number of benzene rings is 1. The number of hydrogen-bond donors (Lipinski definition) is 1. The van der Waals surface area contributed by atoms with Gasteiger partial charge in [-0.15, -0.1) is 0 Å². The van der Waals surface area contributed by atoms with Gasteiger partial charge in [0.25, 0.3) is 5.91 Å². The second kappa shape index (κ2) is 8.61. The average molecular weight is 344 g/mol. The molecule has 2 rings (SSSR count). The van der Waals surface area contributed by atoms with Crippen LogP contribution < -0.4 is 5.32 Å². The molecule has 0 unspecified atom stereocenters. The van der Waals surface area contributed by atoms with E-state index in [9.17, 15) is 22.4 Å². The highest BCUT2D eigenvalue weighted by atomic mass is 32.2. The van der Waals surface area contributed by atoms with Gasteiger partial charge in [-0.2, -0.15) is 0 Å². The minimum absolute atomic E-state index is 0.0509. The maximum absolute atomic E-state index is 12.7. The number of nitrogens with one attached hydrogen (secondary N) is 1. The molecule has 0 bridgehead atoms. The Morgan fingerprint density at radius 2 is 1.65 bits per heavy atom. The predicted octanol–water partition coefficient (Wildman–Crippen LogP) is 0.839. The lowest BCUT2D eigenvalue weighted by Crippen LogP contribution is -2.47. The fraction of sp³-hybridized carbons (Fsp3) is 0.467. The van der Waals surface area contributed by atoms with Gasteiger partial charge in [0.15, 0.2) is 9.84 Å². The highest BCUT2D eigenvalue weighted by molar-refractivity contribution is 7.91. The molecule has 0 spiro atoms. The Labute approximate surface area is 135 Å². The lowest BCUT2D eigenvalue weighted by Gasteiger charge is -2.26. The number of sulfone groups is 1. The highest BCUT2D eigenvalue weighted by Gasteiger charge is 2.24. The average Bonchev–Trinajstić information content (AvgIpc) is 2.55. The molecule has 1 saturated heterocycles. The van der Waals surface area contributed by atoms with Crippen LogP contribution in [0, 0.1) is 5.82 Å². The zero-order valence-corrected chi connectivity index (χ0v) is 14.0. The second-order valence-corrected chi connectivity index (χ2v) is 7.03. The lowest BCUT2D eigenvalue weighted by atomic mass is 10.2. The number of rotatable bonds is 3. The van der Waals surface area contributed by atoms with Crippen LogP contribution in [-0.2, 0) is 14.6 Å². The van der Waals surface area contributed by atoms with E-state index in [-0.39, 0.29) is 42.6 Å². The van der Waals surface area contributed by atoms with Crippen LogP contribution in [0.15, 0.2) is 24.3 Å². The number of halogens is 1. The monoisotopic (exact) mass is 344 g/mol. The molecule has 1 N–H and O–H groups in total. The molecule has 1 aromatic carbocycles. The van der Waals surface area contributed by atoms with E-state index in [0.717, 1.165) is 12.1 Å². The molecule has 1 aromatic rings. The van der Waals surface area contributed by atoms with Crippen molar-refractivity contribution in [1.82, 2.24) is 10.2 Å². The van der Waals surface area contributed by atoms with E-state index in [1.165, 1.54) is 17.0 Å². The number of amides is 2. The van der Waals surface area contributed by atoms with E-state index in [0.29, 0.717) is 0 Å².